The van der Waals surface area contributed by atoms with Crippen molar-refractivity contribution in [3.8, 4) is 0 Å². The maximum atomic E-state index is 6.04. The summed E-state index contributed by atoms with van der Waals surface area (Å²) >= 11 is 0. The topological polar surface area (TPSA) is 47.3 Å². The van der Waals surface area contributed by atoms with Gasteiger partial charge in [-0.1, -0.05) is 20.8 Å². The molecule has 1 aliphatic carbocycles. The molecule has 3 N–H and O–H groups in total. The highest BCUT2D eigenvalue weighted by molar-refractivity contribution is 5.00. The first-order valence-electron chi connectivity index (χ1n) is 6.83. The fraction of sp³-hybridized carbons (Fsp3) is 1.00. The molecule has 1 rings (SSSR count). The third kappa shape index (κ3) is 3.67. The Morgan fingerprint density at radius 2 is 2.06 bits per heavy atom. The summed E-state index contributed by atoms with van der Waals surface area (Å²) in [5.74, 6) is 0.625. The number of nitrogens with one attached hydrogen (secondary N) is 1. The van der Waals surface area contributed by atoms with Crippen molar-refractivity contribution < 1.29 is 4.74 Å². The average Bonchev–Trinajstić information content (AvgIpc) is 2.27. The molecule has 1 saturated carbocycles. The van der Waals surface area contributed by atoms with Crippen molar-refractivity contribution in [1.82, 2.24) is 5.32 Å². The molecular weight excluding hydrogens is 212 g/mol. The second-order valence-corrected chi connectivity index (χ2v) is 6.56. The molecule has 0 aromatic heterocycles. The molecule has 0 radical (unpaired) electrons. The Morgan fingerprint density at radius 1 is 1.41 bits per heavy atom. The number of hydrogen-bond acceptors (Lipinski definition) is 3. The van der Waals surface area contributed by atoms with Gasteiger partial charge in [0.1, 0.15) is 0 Å². The van der Waals surface area contributed by atoms with Gasteiger partial charge in [0.05, 0.1) is 6.10 Å². The second-order valence-electron chi connectivity index (χ2n) is 6.56. The van der Waals surface area contributed by atoms with E-state index < -0.39 is 0 Å². The predicted molar refractivity (Wildman–Crippen MR) is 73.1 cm³/mol. The van der Waals surface area contributed by atoms with Crippen LogP contribution < -0.4 is 11.1 Å². The van der Waals surface area contributed by atoms with Gasteiger partial charge >= 0.3 is 0 Å². The first kappa shape index (κ1) is 14.9. The third-order valence-electron chi connectivity index (χ3n) is 4.56. The van der Waals surface area contributed by atoms with Crippen LogP contribution in [0.5, 0.6) is 0 Å². The van der Waals surface area contributed by atoms with Gasteiger partial charge < -0.3 is 15.8 Å². The Kier molecular flexibility index (Phi) is 4.99. The highest BCUT2D eigenvalue weighted by Gasteiger charge is 2.42. The van der Waals surface area contributed by atoms with Crippen LogP contribution in [0.15, 0.2) is 0 Å². The average molecular weight is 242 g/mol. The zero-order valence-electron chi connectivity index (χ0n) is 12.2. The Labute approximate surface area is 106 Å². The van der Waals surface area contributed by atoms with Crippen LogP contribution in [0.1, 0.15) is 47.0 Å². The van der Waals surface area contributed by atoms with Crippen LogP contribution in [0.25, 0.3) is 0 Å². The van der Waals surface area contributed by atoms with Crippen molar-refractivity contribution in [3.63, 3.8) is 0 Å². The molecule has 1 aliphatic rings. The van der Waals surface area contributed by atoms with Gasteiger partial charge in [-0.25, -0.2) is 0 Å². The minimum absolute atomic E-state index is 0.113. The van der Waals surface area contributed by atoms with Crippen molar-refractivity contribution in [2.24, 2.45) is 17.1 Å². The quantitative estimate of drug-likeness (QED) is 0.776. The summed E-state index contributed by atoms with van der Waals surface area (Å²) < 4.78 is 5.30. The van der Waals surface area contributed by atoms with E-state index >= 15 is 0 Å². The van der Waals surface area contributed by atoms with Gasteiger partial charge in [-0.2, -0.15) is 0 Å². The van der Waals surface area contributed by atoms with Crippen LogP contribution in [-0.2, 0) is 4.74 Å². The number of rotatable bonds is 5. The Balaban J connectivity index is 2.62. The highest BCUT2D eigenvalue weighted by atomic mass is 16.5. The summed E-state index contributed by atoms with van der Waals surface area (Å²) in [7, 11) is 1.76. The SMILES string of the molecule is COC(C)CNC1(CN)CCC(C)(C)CC1C. The molecule has 102 valence electrons. The van der Waals surface area contributed by atoms with Gasteiger partial charge in [0.25, 0.3) is 0 Å². The molecule has 3 unspecified atom stereocenters. The molecule has 1 fully saturated rings. The lowest BCUT2D eigenvalue weighted by molar-refractivity contribution is 0.0554. The lowest BCUT2D eigenvalue weighted by atomic mass is 9.64. The van der Waals surface area contributed by atoms with Crippen molar-refractivity contribution >= 4 is 0 Å². The second kappa shape index (κ2) is 5.68. The monoisotopic (exact) mass is 242 g/mol. The van der Waals surface area contributed by atoms with Crippen LogP contribution in [0.2, 0.25) is 0 Å². The van der Waals surface area contributed by atoms with Gasteiger partial charge in [0.15, 0.2) is 0 Å². The van der Waals surface area contributed by atoms with Gasteiger partial charge in [0.2, 0.25) is 0 Å². The standard InChI is InChI=1S/C14H30N2O/c1-11-8-13(3,4)6-7-14(11,10-15)16-9-12(2)17-5/h11-12,16H,6-10,15H2,1-5H3. The minimum atomic E-state index is 0.113. The molecule has 3 atom stereocenters. The summed E-state index contributed by atoms with van der Waals surface area (Å²) in [6, 6.07) is 0. The molecule has 3 nitrogen and oxygen atoms in total. The fourth-order valence-electron chi connectivity index (χ4n) is 3.00. The number of hydrogen-bond donors (Lipinski definition) is 2. The number of methoxy groups -OCH3 is 1. The van der Waals surface area contributed by atoms with E-state index in [-0.39, 0.29) is 11.6 Å². The predicted octanol–water partition coefficient (Wildman–Crippen LogP) is 2.15. The maximum absolute atomic E-state index is 6.04. The first-order chi connectivity index (χ1) is 7.85. The smallest absolute Gasteiger partial charge is 0.0667 e. The van der Waals surface area contributed by atoms with E-state index in [1.807, 2.05) is 0 Å². The summed E-state index contributed by atoms with van der Waals surface area (Å²) in [4.78, 5) is 0. The number of nitrogens with two attached hydrogens (primary N) is 1. The van der Waals surface area contributed by atoms with Gasteiger partial charge in [0, 0.05) is 25.7 Å². The van der Waals surface area contributed by atoms with E-state index in [9.17, 15) is 0 Å². The van der Waals surface area contributed by atoms with Crippen LogP contribution in [0, 0.1) is 11.3 Å². The Hall–Kier alpha value is -0.120. The Bertz CT molecular complexity index is 242. The molecule has 17 heavy (non-hydrogen) atoms. The fourth-order valence-corrected chi connectivity index (χ4v) is 3.00. The largest absolute Gasteiger partial charge is 0.380 e. The summed E-state index contributed by atoms with van der Waals surface area (Å²) in [6.45, 7) is 10.8. The molecule has 0 amide bonds. The van der Waals surface area contributed by atoms with E-state index in [4.69, 9.17) is 10.5 Å². The molecule has 3 heteroatoms. The van der Waals surface area contributed by atoms with Gasteiger partial charge in [-0.3, -0.25) is 0 Å². The van der Waals surface area contributed by atoms with Crippen LogP contribution in [-0.4, -0.2) is 31.8 Å². The van der Waals surface area contributed by atoms with Gasteiger partial charge in [-0.15, -0.1) is 0 Å². The summed E-state index contributed by atoms with van der Waals surface area (Å²) in [5, 5.41) is 3.67. The third-order valence-corrected chi connectivity index (χ3v) is 4.56. The zero-order chi connectivity index (χ0) is 13.1. The van der Waals surface area contributed by atoms with Crippen LogP contribution in [0.4, 0.5) is 0 Å². The zero-order valence-corrected chi connectivity index (χ0v) is 12.2. The molecule has 0 bridgehead atoms. The number of ether oxygens (including phenoxy) is 1. The van der Waals surface area contributed by atoms with E-state index in [2.05, 4.69) is 33.0 Å². The van der Waals surface area contributed by atoms with Crippen molar-refractivity contribution in [3.05, 3.63) is 0 Å². The van der Waals surface area contributed by atoms with E-state index in [1.165, 1.54) is 19.3 Å². The molecule has 0 saturated heterocycles. The van der Waals surface area contributed by atoms with E-state index in [0.717, 1.165) is 13.1 Å². The Morgan fingerprint density at radius 3 is 2.53 bits per heavy atom. The maximum Gasteiger partial charge on any atom is 0.0667 e. The van der Waals surface area contributed by atoms with Crippen LogP contribution >= 0.6 is 0 Å². The lowest BCUT2D eigenvalue weighted by Gasteiger charge is -2.49. The molecule has 0 heterocycles. The molecule has 0 spiro atoms. The van der Waals surface area contributed by atoms with E-state index in [0.29, 0.717) is 11.3 Å². The molecular formula is C14H30N2O. The lowest BCUT2D eigenvalue weighted by Crippen LogP contribution is -2.60. The van der Waals surface area contributed by atoms with E-state index in [1.54, 1.807) is 7.11 Å². The highest BCUT2D eigenvalue weighted by Crippen LogP contribution is 2.43. The van der Waals surface area contributed by atoms with Gasteiger partial charge in [-0.05, 0) is 37.5 Å². The summed E-state index contributed by atoms with van der Waals surface area (Å²) in [5.41, 5.74) is 6.62. The molecule has 0 aliphatic heterocycles. The minimum Gasteiger partial charge on any atom is -0.380 e. The van der Waals surface area contributed by atoms with Crippen LogP contribution in [0.3, 0.4) is 0 Å². The summed E-state index contributed by atoms with van der Waals surface area (Å²) in [6.07, 6.45) is 3.93. The normalized spacial score (nSPS) is 34.6. The molecule has 0 aromatic rings. The first-order valence-corrected chi connectivity index (χ1v) is 6.83. The van der Waals surface area contributed by atoms with Crippen molar-refractivity contribution in [1.29, 1.82) is 0 Å². The van der Waals surface area contributed by atoms with Crippen molar-refractivity contribution in [2.45, 2.75) is 58.6 Å². The van der Waals surface area contributed by atoms with Crippen molar-refractivity contribution in [2.75, 3.05) is 20.2 Å². The molecule has 0 aromatic carbocycles.